The SMILES string of the molecule is Cc1ccc(Nc2ccc3c4ccccc4c4ccccc4c3c2)cc1. The van der Waals surface area contributed by atoms with E-state index in [0.29, 0.717) is 0 Å². The summed E-state index contributed by atoms with van der Waals surface area (Å²) in [5, 5.41) is 11.4. The Bertz CT molecular complexity index is 1210. The number of hydrogen-bond acceptors (Lipinski definition) is 1. The standard InChI is InChI=1S/C25H19N/c1-17-10-12-18(13-11-17)26-19-14-15-24-22-8-3-2-6-20(22)21-7-4-5-9-23(21)25(24)16-19/h2-16,26H,1H3. The fourth-order valence-corrected chi connectivity index (χ4v) is 3.79. The van der Waals surface area contributed by atoms with Crippen molar-refractivity contribution < 1.29 is 0 Å². The summed E-state index contributed by atoms with van der Waals surface area (Å²) in [6.45, 7) is 2.11. The van der Waals surface area contributed by atoms with Crippen molar-refractivity contribution in [1.82, 2.24) is 0 Å². The Balaban J connectivity index is 1.76. The molecule has 26 heavy (non-hydrogen) atoms. The van der Waals surface area contributed by atoms with Crippen molar-refractivity contribution in [2.75, 3.05) is 5.32 Å². The third-order valence-corrected chi connectivity index (χ3v) is 5.08. The number of nitrogens with one attached hydrogen (secondary N) is 1. The maximum Gasteiger partial charge on any atom is 0.0390 e. The fraction of sp³-hybridized carbons (Fsp3) is 0.0400. The van der Waals surface area contributed by atoms with Crippen LogP contribution in [0.4, 0.5) is 11.4 Å². The number of benzene rings is 5. The zero-order valence-corrected chi connectivity index (χ0v) is 14.7. The molecule has 0 aliphatic rings. The molecule has 5 aromatic rings. The molecule has 0 unspecified atom stereocenters. The Kier molecular flexibility index (Phi) is 3.39. The van der Waals surface area contributed by atoms with Gasteiger partial charge in [-0.05, 0) is 63.5 Å². The molecule has 0 aliphatic heterocycles. The second-order valence-corrected chi connectivity index (χ2v) is 6.84. The Morgan fingerprint density at radius 1 is 0.462 bits per heavy atom. The molecule has 0 saturated heterocycles. The average Bonchev–Trinajstić information content (AvgIpc) is 2.70. The lowest BCUT2D eigenvalue weighted by atomic mass is 9.94. The zero-order valence-electron chi connectivity index (χ0n) is 14.7. The molecule has 0 amide bonds. The lowest BCUT2D eigenvalue weighted by molar-refractivity contribution is 1.46. The highest BCUT2D eigenvalue weighted by Gasteiger charge is 2.08. The third-order valence-electron chi connectivity index (χ3n) is 5.08. The van der Waals surface area contributed by atoms with Gasteiger partial charge in [-0.25, -0.2) is 0 Å². The first-order valence-corrected chi connectivity index (χ1v) is 8.96. The molecule has 0 aromatic heterocycles. The lowest BCUT2D eigenvalue weighted by Gasteiger charge is -2.13. The molecule has 0 heterocycles. The van der Waals surface area contributed by atoms with Gasteiger partial charge in [0.25, 0.3) is 0 Å². The molecule has 0 bridgehead atoms. The molecule has 0 radical (unpaired) electrons. The highest BCUT2D eigenvalue weighted by molar-refractivity contribution is 6.25. The number of aryl methyl sites for hydroxylation is 1. The van der Waals surface area contributed by atoms with E-state index in [1.165, 1.54) is 37.9 Å². The van der Waals surface area contributed by atoms with Gasteiger partial charge in [0, 0.05) is 11.4 Å². The van der Waals surface area contributed by atoms with Crippen molar-refractivity contribution in [1.29, 1.82) is 0 Å². The van der Waals surface area contributed by atoms with Gasteiger partial charge in [-0.3, -0.25) is 0 Å². The summed E-state index contributed by atoms with van der Waals surface area (Å²) in [6, 6.07) is 32.5. The molecular formula is C25H19N. The van der Waals surface area contributed by atoms with Crippen molar-refractivity contribution >= 4 is 43.7 Å². The van der Waals surface area contributed by atoms with Crippen molar-refractivity contribution in [3.63, 3.8) is 0 Å². The van der Waals surface area contributed by atoms with Crippen molar-refractivity contribution in [3.8, 4) is 0 Å². The fourth-order valence-electron chi connectivity index (χ4n) is 3.79. The van der Waals surface area contributed by atoms with Crippen LogP contribution < -0.4 is 5.32 Å². The monoisotopic (exact) mass is 333 g/mol. The van der Waals surface area contributed by atoms with Crippen molar-refractivity contribution in [2.45, 2.75) is 6.92 Å². The first kappa shape index (κ1) is 15.0. The van der Waals surface area contributed by atoms with Crippen LogP contribution in [0.3, 0.4) is 0 Å². The van der Waals surface area contributed by atoms with Crippen LogP contribution in [0.1, 0.15) is 5.56 Å². The van der Waals surface area contributed by atoms with E-state index in [9.17, 15) is 0 Å². The number of rotatable bonds is 2. The minimum absolute atomic E-state index is 1.11. The van der Waals surface area contributed by atoms with E-state index in [1.807, 2.05) is 0 Å². The first-order valence-electron chi connectivity index (χ1n) is 8.96. The van der Waals surface area contributed by atoms with E-state index in [4.69, 9.17) is 0 Å². The average molecular weight is 333 g/mol. The van der Waals surface area contributed by atoms with Crippen LogP contribution in [0.15, 0.2) is 91.0 Å². The maximum atomic E-state index is 3.54. The Morgan fingerprint density at radius 2 is 0.923 bits per heavy atom. The minimum Gasteiger partial charge on any atom is -0.356 e. The van der Waals surface area contributed by atoms with E-state index in [-0.39, 0.29) is 0 Å². The summed E-state index contributed by atoms with van der Waals surface area (Å²) in [7, 11) is 0. The Labute approximate surface area is 152 Å². The minimum atomic E-state index is 1.11. The summed E-state index contributed by atoms with van der Waals surface area (Å²) in [6.07, 6.45) is 0. The van der Waals surface area contributed by atoms with Crippen LogP contribution in [0.2, 0.25) is 0 Å². The van der Waals surface area contributed by atoms with Crippen LogP contribution in [0.25, 0.3) is 32.3 Å². The van der Waals surface area contributed by atoms with E-state index < -0.39 is 0 Å². The van der Waals surface area contributed by atoms with E-state index in [0.717, 1.165) is 11.4 Å². The maximum absolute atomic E-state index is 3.54. The van der Waals surface area contributed by atoms with Crippen molar-refractivity contribution in [2.24, 2.45) is 0 Å². The van der Waals surface area contributed by atoms with Crippen LogP contribution >= 0.6 is 0 Å². The van der Waals surface area contributed by atoms with Gasteiger partial charge in [-0.2, -0.15) is 0 Å². The molecule has 1 nitrogen and oxygen atoms in total. The van der Waals surface area contributed by atoms with Crippen LogP contribution in [-0.2, 0) is 0 Å². The van der Waals surface area contributed by atoms with Gasteiger partial charge in [0.15, 0.2) is 0 Å². The summed E-state index contributed by atoms with van der Waals surface area (Å²) < 4.78 is 0. The predicted molar refractivity (Wildman–Crippen MR) is 113 cm³/mol. The topological polar surface area (TPSA) is 12.0 Å². The predicted octanol–water partition coefficient (Wildman–Crippen LogP) is 7.20. The molecule has 0 fully saturated rings. The molecule has 0 spiro atoms. The van der Waals surface area contributed by atoms with Gasteiger partial charge in [0.1, 0.15) is 0 Å². The molecule has 0 saturated carbocycles. The summed E-state index contributed by atoms with van der Waals surface area (Å²) in [5.41, 5.74) is 3.49. The van der Waals surface area contributed by atoms with Gasteiger partial charge in [-0.15, -0.1) is 0 Å². The number of hydrogen-bond donors (Lipinski definition) is 1. The molecule has 0 aliphatic carbocycles. The first-order chi connectivity index (χ1) is 12.8. The highest BCUT2D eigenvalue weighted by Crippen LogP contribution is 2.36. The molecular weight excluding hydrogens is 314 g/mol. The van der Waals surface area contributed by atoms with Gasteiger partial charge in [-0.1, -0.05) is 72.3 Å². The normalized spacial score (nSPS) is 11.3. The summed E-state index contributed by atoms with van der Waals surface area (Å²) in [5.74, 6) is 0. The second kappa shape index (κ2) is 5.89. The van der Waals surface area contributed by atoms with Crippen molar-refractivity contribution in [3.05, 3.63) is 96.6 Å². The molecule has 5 aromatic carbocycles. The number of fused-ring (bicyclic) bond motifs is 6. The zero-order chi connectivity index (χ0) is 17.5. The molecule has 1 N–H and O–H groups in total. The van der Waals surface area contributed by atoms with E-state index in [2.05, 4.69) is 103 Å². The third kappa shape index (κ3) is 2.41. The van der Waals surface area contributed by atoms with Gasteiger partial charge >= 0.3 is 0 Å². The Hall–Kier alpha value is -3.32. The Morgan fingerprint density at radius 3 is 1.50 bits per heavy atom. The van der Waals surface area contributed by atoms with E-state index >= 15 is 0 Å². The molecule has 0 atom stereocenters. The molecule has 124 valence electrons. The highest BCUT2D eigenvalue weighted by atomic mass is 14.9. The van der Waals surface area contributed by atoms with E-state index in [1.54, 1.807) is 0 Å². The smallest absolute Gasteiger partial charge is 0.0390 e. The molecule has 1 heteroatoms. The van der Waals surface area contributed by atoms with Gasteiger partial charge in [0.2, 0.25) is 0 Å². The largest absolute Gasteiger partial charge is 0.356 e. The quantitative estimate of drug-likeness (QED) is 0.337. The van der Waals surface area contributed by atoms with Gasteiger partial charge < -0.3 is 5.32 Å². The van der Waals surface area contributed by atoms with Crippen LogP contribution in [0.5, 0.6) is 0 Å². The second-order valence-electron chi connectivity index (χ2n) is 6.84. The summed E-state index contributed by atoms with van der Waals surface area (Å²) in [4.78, 5) is 0. The van der Waals surface area contributed by atoms with Gasteiger partial charge in [0.05, 0.1) is 0 Å². The molecule has 5 rings (SSSR count). The van der Waals surface area contributed by atoms with Crippen LogP contribution in [0, 0.1) is 6.92 Å². The van der Waals surface area contributed by atoms with Crippen LogP contribution in [-0.4, -0.2) is 0 Å². The number of anilines is 2. The summed E-state index contributed by atoms with van der Waals surface area (Å²) >= 11 is 0. The lowest BCUT2D eigenvalue weighted by Crippen LogP contribution is -1.91.